The first kappa shape index (κ1) is 20.5. The number of nitrogens with zero attached hydrogens (tertiary/aromatic N) is 2. The zero-order chi connectivity index (χ0) is 20.2. The molecule has 2 rings (SSSR count). The lowest BCUT2D eigenvalue weighted by Gasteiger charge is -2.14. The first-order chi connectivity index (χ1) is 12.6. The Kier molecular flexibility index (Phi) is 6.26. The van der Waals surface area contributed by atoms with Gasteiger partial charge in [0.1, 0.15) is 0 Å². The number of amides is 1. The minimum atomic E-state index is -3.67. The van der Waals surface area contributed by atoms with E-state index in [0.29, 0.717) is 5.56 Å². The summed E-state index contributed by atoms with van der Waals surface area (Å²) >= 11 is 0. The lowest BCUT2D eigenvalue weighted by Crippen LogP contribution is -2.29. The topological polar surface area (TPSA) is 130 Å². The molecule has 0 aromatic heterocycles. The van der Waals surface area contributed by atoms with Crippen LogP contribution in [-0.2, 0) is 10.0 Å². The Morgan fingerprint density at radius 2 is 1.85 bits per heavy atom. The van der Waals surface area contributed by atoms with Crippen LogP contribution in [0.25, 0.3) is 0 Å². The minimum Gasteiger partial charge on any atom is -0.387 e. The van der Waals surface area contributed by atoms with Crippen molar-refractivity contribution in [3.05, 3.63) is 69.8 Å². The van der Waals surface area contributed by atoms with E-state index in [1.165, 1.54) is 62.6 Å². The van der Waals surface area contributed by atoms with Crippen molar-refractivity contribution in [2.75, 3.05) is 20.6 Å². The molecule has 0 heterocycles. The summed E-state index contributed by atoms with van der Waals surface area (Å²) < 4.78 is 25.3. The maximum atomic E-state index is 12.3. The number of hydrogen-bond donors (Lipinski definition) is 2. The Morgan fingerprint density at radius 3 is 2.41 bits per heavy atom. The molecule has 0 aliphatic carbocycles. The number of aliphatic hydroxyl groups excluding tert-OH is 1. The number of rotatable bonds is 7. The van der Waals surface area contributed by atoms with E-state index in [9.17, 15) is 28.4 Å². The molecule has 0 aliphatic heterocycles. The second-order valence-electron chi connectivity index (χ2n) is 5.89. The summed E-state index contributed by atoms with van der Waals surface area (Å²) in [6.07, 6.45) is -1.07. The molecule has 1 amide bonds. The highest BCUT2D eigenvalue weighted by molar-refractivity contribution is 7.89. The highest BCUT2D eigenvalue weighted by Crippen LogP contribution is 2.18. The molecule has 2 aromatic carbocycles. The van der Waals surface area contributed by atoms with Crippen molar-refractivity contribution in [2.24, 2.45) is 0 Å². The monoisotopic (exact) mass is 393 g/mol. The fraction of sp³-hybridized carbons (Fsp3) is 0.235. The summed E-state index contributed by atoms with van der Waals surface area (Å²) in [6.45, 7) is -0.138. The predicted molar refractivity (Wildman–Crippen MR) is 97.7 cm³/mol. The molecule has 0 bridgehead atoms. The van der Waals surface area contributed by atoms with Gasteiger partial charge in [0.05, 0.1) is 15.9 Å². The Morgan fingerprint density at radius 1 is 1.22 bits per heavy atom. The number of benzene rings is 2. The molecule has 0 saturated heterocycles. The highest BCUT2D eigenvalue weighted by atomic mass is 32.2. The van der Waals surface area contributed by atoms with E-state index in [4.69, 9.17) is 0 Å². The molecule has 144 valence electrons. The van der Waals surface area contributed by atoms with Crippen LogP contribution in [0.5, 0.6) is 0 Å². The van der Waals surface area contributed by atoms with Gasteiger partial charge in [-0.2, -0.15) is 0 Å². The van der Waals surface area contributed by atoms with Crippen LogP contribution in [0.2, 0.25) is 0 Å². The zero-order valence-electron chi connectivity index (χ0n) is 14.7. The number of non-ortho nitro benzene ring substituents is 1. The maximum absolute atomic E-state index is 12.3. The standard InChI is InChI=1S/C17H19N3O6S/c1-19(2)27(25,26)15-5-3-4-13(10-15)17(22)18-11-16(21)12-6-8-14(9-7-12)20(23)24/h3-10,16,21H,11H2,1-2H3,(H,18,22)/t16-/m1/s1. The van der Waals surface area contributed by atoms with Crippen molar-refractivity contribution in [3.8, 4) is 0 Å². The van der Waals surface area contributed by atoms with Gasteiger partial charge in [0, 0.05) is 38.3 Å². The van der Waals surface area contributed by atoms with Crippen LogP contribution in [0, 0.1) is 10.1 Å². The third kappa shape index (κ3) is 4.88. The average Bonchev–Trinajstić information content (AvgIpc) is 2.65. The molecule has 0 radical (unpaired) electrons. The molecule has 0 aliphatic rings. The minimum absolute atomic E-state index is 0.0175. The second kappa shape index (κ2) is 8.25. The van der Waals surface area contributed by atoms with Crippen LogP contribution >= 0.6 is 0 Å². The number of nitro benzene ring substituents is 1. The maximum Gasteiger partial charge on any atom is 0.269 e. The Bertz CT molecular complexity index is 941. The molecule has 9 nitrogen and oxygen atoms in total. The van der Waals surface area contributed by atoms with Crippen molar-refractivity contribution in [1.29, 1.82) is 0 Å². The van der Waals surface area contributed by atoms with E-state index in [1.807, 2.05) is 0 Å². The van der Waals surface area contributed by atoms with Gasteiger partial charge < -0.3 is 10.4 Å². The summed E-state index contributed by atoms with van der Waals surface area (Å²) in [5.41, 5.74) is 0.438. The summed E-state index contributed by atoms with van der Waals surface area (Å²) in [6, 6.07) is 10.9. The van der Waals surface area contributed by atoms with Crippen molar-refractivity contribution in [2.45, 2.75) is 11.0 Å². The number of aliphatic hydroxyl groups is 1. The quantitative estimate of drug-likeness (QED) is 0.539. The van der Waals surface area contributed by atoms with Crippen LogP contribution < -0.4 is 5.32 Å². The number of nitrogens with one attached hydrogen (secondary N) is 1. The van der Waals surface area contributed by atoms with Gasteiger partial charge >= 0.3 is 0 Å². The average molecular weight is 393 g/mol. The molecule has 0 unspecified atom stereocenters. The molecule has 10 heteroatoms. The predicted octanol–water partition coefficient (Wildman–Crippen LogP) is 1.31. The smallest absolute Gasteiger partial charge is 0.269 e. The van der Waals surface area contributed by atoms with Gasteiger partial charge in [-0.05, 0) is 35.9 Å². The molecule has 0 saturated carbocycles. The largest absolute Gasteiger partial charge is 0.387 e. The normalized spacial score (nSPS) is 12.6. The van der Waals surface area contributed by atoms with Crippen molar-refractivity contribution >= 4 is 21.6 Å². The molecule has 0 fully saturated rings. The summed E-state index contributed by atoms with van der Waals surface area (Å²) in [4.78, 5) is 22.3. The lowest BCUT2D eigenvalue weighted by atomic mass is 10.1. The third-order valence-corrected chi connectivity index (χ3v) is 5.63. The molecule has 2 N–H and O–H groups in total. The molecule has 1 atom stereocenters. The van der Waals surface area contributed by atoms with E-state index < -0.39 is 27.0 Å². The Labute approximate surface area is 156 Å². The number of nitro groups is 1. The first-order valence-corrected chi connectivity index (χ1v) is 9.30. The van der Waals surface area contributed by atoms with E-state index in [0.717, 1.165) is 4.31 Å². The number of carbonyl (C=O) groups is 1. The van der Waals surface area contributed by atoms with Crippen LogP contribution in [0.4, 0.5) is 5.69 Å². The first-order valence-electron chi connectivity index (χ1n) is 7.86. The van der Waals surface area contributed by atoms with Crippen LogP contribution in [0.15, 0.2) is 53.4 Å². The van der Waals surface area contributed by atoms with Gasteiger partial charge in [-0.25, -0.2) is 12.7 Å². The lowest BCUT2D eigenvalue weighted by molar-refractivity contribution is -0.384. The third-order valence-electron chi connectivity index (χ3n) is 3.82. The Balaban J connectivity index is 2.06. The molecular weight excluding hydrogens is 374 g/mol. The van der Waals surface area contributed by atoms with E-state index in [-0.39, 0.29) is 22.7 Å². The zero-order valence-corrected chi connectivity index (χ0v) is 15.5. The number of sulfonamides is 1. The van der Waals surface area contributed by atoms with Gasteiger partial charge in [0.25, 0.3) is 11.6 Å². The van der Waals surface area contributed by atoms with Crippen LogP contribution in [-0.4, -0.2) is 49.3 Å². The summed E-state index contributed by atoms with van der Waals surface area (Å²) in [7, 11) is -0.886. The number of hydrogen-bond acceptors (Lipinski definition) is 6. The van der Waals surface area contributed by atoms with Crippen molar-refractivity contribution in [1.82, 2.24) is 9.62 Å². The fourth-order valence-corrected chi connectivity index (χ4v) is 3.18. The molecule has 0 spiro atoms. The molecular formula is C17H19N3O6S. The second-order valence-corrected chi connectivity index (χ2v) is 8.04. The SMILES string of the molecule is CN(C)S(=O)(=O)c1cccc(C(=O)NC[C@@H](O)c2ccc([N+](=O)[O-])cc2)c1. The Hall–Kier alpha value is -2.82. The highest BCUT2D eigenvalue weighted by Gasteiger charge is 2.19. The van der Waals surface area contributed by atoms with Gasteiger partial charge in [0.15, 0.2) is 0 Å². The van der Waals surface area contributed by atoms with Crippen molar-refractivity contribution in [3.63, 3.8) is 0 Å². The van der Waals surface area contributed by atoms with Gasteiger partial charge in [-0.1, -0.05) is 6.07 Å². The number of carbonyl (C=O) groups excluding carboxylic acids is 1. The molecule has 2 aromatic rings. The van der Waals surface area contributed by atoms with E-state index in [1.54, 1.807) is 0 Å². The van der Waals surface area contributed by atoms with Gasteiger partial charge in [-0.3, -0.25) is 14.9 Å². The van der Waals surface area contributed by atoms with Gasteiger partial charge in [0.2, 0.25) is 10.0 Å². The summed E-state index contributed by atoms with van der Waals surface area (Å²) in [5.74, 6) is -0.549. The van der Waals surface area contributed by atoms with Crippen LogP contribution in [0.1, 0.15) is 22.0 Å². The van der Waals surface area contributed by atoms with Crippen molar-refractivity contribution < 1.29 is 23.2 Å². The van der Waals surface area contributed by atoms with E-state index in [2.05, 4.69) is 5.32 Å². The van der Waals surface area contributed by atoms with Gasteiger partial charge in [-0.15, -0.1) is 0 Å². The fourth-order valence-electron chi connectivity index (χ4n) is 2.24. The van der Waals surface area contributed by atoms with E-state index >= 15 is 0 Å². The summed E-state index contributed by atoms with van der Waals surface area (Å²) in [5, 5.41) is 23.3. The van der Waals surface area contributed by atoms with Crippen LogP contribution in [0.3, 0.4) is 0 Å². The molecule has 27 heavy (non-hydrogen) atoms.